The van der Waals surface area contributed by atoms with Crippen molar-refractivity contribution in [3.8, 4) is 0 Å². The SMILES string of the molecule is O=C(NCCCn1cccn1)C1CSCN1. The minimum Gasteiger partial charge on any atom is -0.355 e. The van der Waals surface area contributed by atoms with Gasteiger partial charge in [-0.05, 0) is 12.5 Å². The average Bonchev–Trinajstić information content (AvgIpc) is 2.96. The Balaban J connectivity index is 1.59. The molecule has 1 aromatic rings. The monoisotopic (exact) mass is 240 g/mol. The molecule has 0 saturated carbocycles. The van der Waals surface area contributed by atoms with Gasteiger partial charge in [0.25, 0.3) is 0 Å². The number of hydrogen-bond acceptors (Lipinski definition) is 4. The standard InChI is InChI=1S/C10H16N4OS/c15-10(9-7-16-8-12-9)11-3-1-5-14-6-2-4-13-14/h2,4,6,9,12H,1,3,5,7-8H2,(H,11,15). The quantitative estimate of drug-likeness (QED) is 0.714. The summed E-state index contributed by atoms with van der Waals surface area (Å²) in [5.41, 5.74) is 0. The first kappa shape index (κ1) is 11.5. The van der Waals surface area contributed by atoms with E-state index in [4.69, 9.17) is 0 Å². The van der Waals surface area contributed by atoms with Gasteiger partial charge in [0, 0.05) is 37.1 Å². The lowest BCUT2D eigenvalue weighted by Crippen LogP contribution is -2.42. The van der Waals surface area contributed by atoms with Crippen molar-refractivity contribution in [1.29, 1.82) is 0 Å². The van der Waals surface area contributed by atoms with Gasteiger partial charge in [-0.3, -0.25) is 14.8 Å². The van der Waals surface area contributed by atoms with Crippen LogP contribution in [0.2, 0.25) is 0 Å². The van der Waals surface area contributed by atoms with Gasteiger partial charge < -0.3 is 5.32 Å². The molecule has 2 rings (SSSR count). The van der Waals surface area contributed by atoms with Crippen LogP contribution in [0.3, 0.4) is 0 Å². The molecule has 1 aliphatic rings. The summed E-state index contributed by atoms with van der Waals surface area (Å²) >= 11 is 1.76. The predicted octanol–water partition coefficient (Wildman–Crippen LogP) is 0.0519. The molecule has 1 amide bonds. The first-order chi connectivity index (χ1) is 7.86. The third-order valence-electron chi connectivity index (χ3n) is 2.46. The van der Waals surface area contributed by atoms with Crippen LogP contribution in [0.25, 0.3) is 0 Å². The molecule has 0 bridgehead atoms. The van der Waals surface area contributed by atoms with E-state index in [-0.39, 0.29) is 11.9 Å². The molecule has 0 spiro atoms. The normalized spacial score (nSPS) is 19.9. The molecule has 1 unspecified atom stereocenters. The lowest BCUT2D eigenvalue weighted by Gasteiger charge is -2.10. The number of amides is 1. The molecule has 6 heteroatoms. The van der Waals surface area contributed by atoms with Crippen molar-refractivity contribution in [2.45, 2.75) is 19.0 Å². The highest BCUT2D eigenvalue weighted by atomic mass is 32.2. The first-order valence-electron chi connectivity index (χ1n) is 5.42. The van der Waals surface area contributed by atoms with Crippen molar-refractivity contribution >= 4 is 17.7 Å². The molecule has 5 nitrogen and oxygen atoms in total. The van der Waals surface area contributed by atoms with Crippen LogP contribution in [0.4, 0.5) is 0 Å². The number of carbonyl (C=O) groups is 1. The van der Waals surface area contributed by atoms with E-state index >= 15 is 0 Å². The number of nitrogens with zero attached hydrogens (tertiary/aromatic N) is 2. The van der Waals surface area contributed by atoms with Gasteiger partial charge in [0.15, 0.2) is 0 Å². The van der Waals surface area contributed by atoms with Crippen molar-refractivity contribution in [2.75, 3.05) is 18.2 Å². The Morgan fingerprint density at radius 1 is 1.69 bits per heavy atom. The second-order valence-corrected chi connectivity index (χ2v) is 4.72. The number of aromatic nitrogens is 2. The minimum absolute atomic E-state index is 0.00490. The number of thioether (sulfide) groups is 1. The Hall–Kier alpha value is -1.01. The number of aryl methyl sites for hydroxylation is 1. The number of hydrogen-bond donors (Lipinski definition) is 2. The molecule has 88 valence electrons. The van der Waals surface area contributed by atoms with Crippen LogP contribution < -0.4 is 10.6 Å². The van der Waals surface area contributed by atoms with E-state index in [0.717, 1.165) is 24.6 Å². The Bertz CT molecular complexity index is 322. The van der Waals surface area contributed by atoms with Gasteiger partial charge in [-0.15, -0.1) is 11.8 Å². The summed E-state index contributed by atoms with van der Waals surface area (Å²) in [4.78, 5) is 11.6. The summed E-state index contributed by atoms with van der Waals surface area (Å²) in [7, 11) is 0. The highest BCUT2D eigenvalue weighted by Crippen LogP contribution is 2.09. The molecule has 2 N–H and O–H groups in total. The van der Waals surface area contributed by atoms with Gasteiger partial charge in [0.05, 0.1) is 6.04 Å². The van der Waals surface area contributed by atoms with Gasteiger partial charge in [-0.2, -0.15) is 5.10 Å². The van der Waals surface area contributed by atoms with Crippen molar-refractivity contribution in [1.82, 2.24) is 20.4 Å². The van der Waals surface area contributed by atoms with Gasteiger partial charge in [-0.25, -0.2) is 0 Å². The van der Waals surface area contributed by atoms with Crippen LogP contribution >= 0.6 is 11.8 Å². The highest BCUT2D eigenvalue weighted by Gasteiger charge is 2.21. The second kappa shape index (κ2) is 5.91. The van der Waals surface area contributed by atoms with E-state index in [2.05, 4.69) is 15.7 Å². The van der Waals surface area contributed by atoms with Crippen LogP contribution in [0, 0.1) is 0 Å². The fraction of sp³-hybridized carbons (Fsp3) is 0.600. The highest BCUT2D eigenvalue weighted by molar-refractivity contribution is 7.99. The molecule has 2 heterocycles. The van der Waals surface area contributed by atoms with Gasteiger partial charge in [0.1, 0.15) is 0 Å². The van der Waals surface area contributed by atoms with E-state index in [0.29, 0.717) is 6.54 Å². The summed E-state index contributed by atoms with van der Waals surface area (Å²) in [6, 6.07) is 1.90. The molecule has 1 saturated heterocycles. The fourth-order valence-electron chi connectivity index (χ4n) is 1.57. The largest absolute Gasteiger partial charge is 0.355 e. The maximum Gasteiger partial charge on any atom is 0.238 e. The zero-order valence-corrected chi connectivity index (χ0v) is 9.87. The van der Waals surface area contributed by atoms with Crippen LogP contribution in [-0.2, 0) is 11.3 Å². The summed E-state index contributed by atoms with van der Waals surface area (Å²) < 4.78 is 1.87. The Morgan fingerprint density at radius 2 is 2.62 bits per heavy atom. The molecule has 0 radical (unpaired) electrons. The van der Waals surface area contributed by atoms with Crippen molar-refractivity contribution in [3.63, 3.8) is 0 Å². The molecule has 0 aromatic carbocycles. The van der Waals surface area contributed by atoms with Crippen LogP contribution in [0.15, 0.2) is 18.5 Å². The Morgan fingerprint density at radius 3 is 3.31 bits per heavy atom. The fourth-order valence-corrected chi connectivity index (χ4v) is 2.51. The van der Waals surface area contributed by atoms with Crippen molar-refractivity contribution < 1.29 is 4.79 Å². The van der Waals surface area contributed by atoms with E-state index in [1.54, 1.807) is 18.0 Å². The molecule has 1 atom stereocenters. The smallest absolute Gasteiger partial charge is 0.238 e. The van der Waals surface area contributed by atoms with Crippen LogP contribution in [0.5, 0.6) is 0 Å². The third-order valence-corrected chi connectivity index (χ3v) is 3.40. The topological polar surface area (TPSA) is 59.0 Å². The minimum atomic E-state index is -0.00490. The zero-order chi connectivity index (χ0) is 11.2. The Kier molecular flexibility index (Phi) is 4.24. The molecular weight excluding hydrogens is 224 g/mol. The summed E-state index contributed by atoms with van der Waals surface area (Å²) in [5, 5.41) is 10.2. The summed E-state index contributed by atoms with van der Waals surface area (Å²) in [6.07, 6.45) is 4.60. The zero-order valence-electron chi connectivity index (χ0n) is 9.06. The molecule has 16 heavy (non-hydrogen) atoms. The number of nitrogens with one attached hydrogen (secondary N) is 2. The van der Waals surface area contributed by atoms with E-state index in [1.165, 1.54) is 0 Å². The number of rotatable bonds is 5. The molecule has 0 aliphatic carbocycles. The van der Waals surface area contributed by atoms with Crippen LogP contribution in [-0.4, -0.2) is 39.9 Å². The molecule has 1 aliphatic heterocycles. The van der Waals surface area contributed by atoms with E-state index < -0.39 is 0 Å². The van der Waals surface area contributed by atoms with Crippen molar-refractivity contribution in [2.24, 2.45) is 0 Å². The summed E-state index contributed by atoms with van der Waals surface area (Å²) in [5.74, 6) is 1.88. The summed E-state index contributed by atoms with van der Waals surface area (Å²) in [6.45, 7) is 1.56. The predicted molar refractivity (Wildman–Crippen MR) is 64.1 cm³/mol. The second-order valence-electron chi connectivity index (χ2n) is 3.69. The lowest BCUT2D eigenvalue weighted by molar-refractivity contribution is -0.122. The molecular formula is C10H16N4OS. The third kappa shape index (κ3) is 3.24. The van der Waals surface area contributed by atoms with Gasteiger partial charge >= 0.3 is 0 Å². The van der Waals surface area contributed by atoms with Gasteiger partial charge in [0.2, 0.25) is 5.91 Å². The van der Waals surface area contributed by atoms with E-state index in [9.17, 15) is 4.79 Å². The Labute approximate surface area is 99.0 Å². The average molecular weight is 240 g/mol. The first-order valence-corrected chi connectivity index (χ1v) is 6.58. The lowest BCUT2D eigenvalue weighted by atomic mass is 10.3. The van der Waals surface area contributed by atoms with Crippen molar-refractivity contribution in [3.05, 3.63) is 18.5 Å². The maximum absolute atomic E-state index is 11.6. The van der Waals surface area contributed by atoms with E-state index in [1.807, 2.05) is 16.9 Å². The molecule has 1 fully saturated rings. The number of carbonyl (C=O) groups excluding carboxylic acids is 1. The molecule has 1 aromatic heterocycles. The van der Waals surface area contributed by atoms with Gasteiger partial charge in [-0.1, -0.05) is 0 Å². The van der Waals surface area contributed by atoms with Crippen LogP contribution in [0.1, 0.15) is 6.42 Å². The maximum atomic E-state index is 11.6.